The molecule has 15 heavy (non-hydrogen) atoms. The summed E-state index contributed by atoms with van der Waals surface area (Å²) < 4.78 is 0. The first-order valence-electron chi connectivity index (χ1n) is 5.55. The molecule has 0 saturated heterocycles. The fourth-order valence-electron chi connectivity index (χ4n) is 1.91. The van der Waals surface area contributed by atoms with Crippen LogP contribution in [0.1, 0.15) is 44.7 Å². The van der Waals surface area contributed by atoms with Gasteiger partial charge in [-0.25, -0.2) is 0 Å². The quantitative estimate of drug-likeness (QED) is 0.673. The number of aldehydes is 1. The van der Waals surface area contributed by atoms with Gasteiger partial charge >= 0.3 is 0 Å². The summed E-state index contributed by atoms with van der Waals surface area (Å²) in [6.45, 7) is 6.61. The highest BCUT2D eigenvalue weighted by Crippen LogP contribution is 2.46. The highest BCUT2D eigenvalue weighted by atomic mass is 16.1. The van der Waals surface area contributed by atoms with Crippen molar-refractivity contribution < 1.29 is 4.79 Å². The maximum atomic E-state index is 11.0. The van der Waals surface area contributed by atoms with E-state index in [-0.39, 0.29) is 10.8 Å². The Morgan fingerprint density at radius 3 is 2.00 bits per heavy atom. The maximum absolute atomic E-state index is 11.0. The van der Waals surface area contributed by atoms with Crippen molar-refractivity contribution in [2.75, 3.05) is 0 Å². The Morgan fingerprint density at radius 2 is 1.67 bits per heavy atom. The van der Waals surface area contributed by atoms with E-state index >= 15 is 0 Å². The summed E-state index contributed by atoms with van der Waals surface area (Å²) >= 11 is 0. The first-order valence-corrected chi connectivity index (χ1v) is 5.55. The fourth-order valence-corrected chi connectivity index (χ4v) is 1.91. The molecule has 1 nitrogen and oxygen atoms in total. The van der Waals surface area contributed by atoms with Gasteiger partial charge in [-0.3, -0.25) is 0 Å². The van der Waals surface area contributed by atoms with Gasteiger partial charge in [-0.2, -0.15) is 0 Å². The summed E-state index contributed by atoms with van der Waals surface area (Å²) in [6.07, 6.45) is 3.15. The molecule has 1 aromatic rings. The Hall–Kier alpha value is -1.11. The molecule has 1 heteroatoms. The number of carbonyl (C=O) groups excluding carboxylic acids is 1. The van der Waals surface area contributed by atoms with Gasteiger partial charge in [0.25, 0.3) is 0 Å². The second-order valence-electron chi connectivity index (χ2n) is 5.60. The zero-order chi connectivity index (χ0) is 11.1. The van der Waals surface area contributed by atoms with Gasteiger partial charge in [-0.15, -0.1) is 0 Å². The van der Waals surface area contributed by atoms with Crippen LogP contribution < -0.4 is 0 Å². The minimum Gasteiger partial charge on any atom is -0.302 e. The fraction of sp³-hybridized carbons (Fsp3) is 0.500. The van der Waals surface area contributed by atoms with Gasteiger partial charge in [-0.05, 0) is 29.4 Å². The molecule has 0 radical (unpaired) electrons. The van der Waals surface area contributed by atoms with Crippen molar-refractivity contribution >= 4 is 6.29 Å². The summed E-state index contributed by atoms with van der Waals surface area (Å²) in [4.78, 5) is 11.0. The highest BCUT2D eigenvalue weighted by molar-refractivity contribution is 5.73. The molecule has 1 fully saturated rings. The average molecular weight is 202 g/mol. The molecule has 1 aromatic carbocycles. The van der Waals surface area contributed by atoms with Gasteiger partial charge < -0.3 is 4.79 Å². The molecule has 0 atom stereocenters. The monoisotopic (exact) mass is 202 g/mol. The van der Waals surface area contributed by atoms with E-state index in [1.54, 1.807) is 0 Å². The lowest BCUT2D eigenvalue weighted by molar-refractivity contribution is -0.109. The van der Waals surface area contributed by atoms with Crippen LogP contribution in [0, 0.1) is 0 Å². The van der Waals surface area contributed by atoms with E-state index in [1.165, 1.54) is 11.1 Å². The van der Waals surface area contributed by atoms with Crippen molar-refractivity contribution in [2.24, 2.45) is 0 Å². The van der Waals surface area contributed by atoms with E-state index in [0.717, 1.165) is 19.1 Å². The third-order valence-electron chi connectivity index (χ3n) is 3.34. The smallest absolute Gasteiger partial charge is 0.130 e. The molecule has 0 N–H and O–H groups in total. The molecule has 0 bridgehead atoms. The predicted octanol–water partition coefficient (Wildman–Crippen LogP) is 3.21. The SMILES string of the molecule is CC(C)(C)c1ccc(C2(C=O)CC2)cc1. The zero-order valence-electron chi connectivity index (χ0n) is 9.71. The molecule has 2 rings (SSSR count). The average Bonchev–Trinajstić information content (AvgIpc) is 2.97. The summed E-state index contributed by atoms with van der Waals surface area (Å²) in [5, 5.41) is 0. The molecule has 0 aromatic heterocycles. The van der Waals surface area contributed by atoms with Crippen molar-refractivity contribution in [2.45, 2.75) is 44.4 Å². The predicted molar refractivity (Wildman–Crippen MR) is 62.1 cm³/mol. The number of hydrogen-bond donors (Lipinski definition) is 0. The topological polar surface area (TPSA) is 17.1 Å². The Morgan fingerprint density at radius 1 is 1.13 bits per heavy atom. The largest absolute Gasteiger partial charge is 0.302 e. The van der Waals surface area contributed by atoms with Crippen LogP contribution in [0.25, 0.3) is 0 Å². The van der Waals surface area contributed by atoms with Gasteiger partial charge in [0.2, 0.25) is 0 Å². The van der Waals surface area contributed by atoms with Gasteiger partial charge in [0.05, 0.1) is 5.41 Å². The Labute approximate surface area is 91.5 Å². The van der Waals surface area contributed by atoms with Crippen LogP contribution in [0.3, 0.4) is 0 Å². The van der Waals surface area contributed by atoms with Gasteiger partial charge in [0.15, 0.2) is 0 Å². The van der Waals surface area contributed by atoms with E-state index in [0.29, 0.717) is 0 Å². The Kier molecular flexibility index (Phi) is 2.22. The minimum absolute atomic E-state index is 0.129. The van der Waals surface area contributed by atoms with Crippen LogP contribution in [0.2, 0.25) is 0 Å². The summed E-state index contributed by atoms with van der Waals surface area (Å²) in [5.41, 5.74) is 2.57. The molecule has 0 unspecified atom stereocenters. The van der Waals surface area contributed by atoms with E-state index in [2.05, 4.69) is 45.0 Å². The minimum atomic E-state index is -0.129. The first-order chi connectivity index (χ1) is 6.98. The summed E-state index contributed by atoms with van der Waals surface area (Å²) in [7, 11) is 0. The molecule has 1 aliphatic carbocycles. The van der Waals surface area contributed by atoms with Gasteiger partial charge in [0.1, 0.15) is 6.29 Å². The summed E-state index contributed by atoms with van der Waals surface area (Å²) in [5.74, 6) is 0. The van der Waals surface area contributed by atoms with Crippen molar-refractivity contribution in [1.82, 2.24) is 0 Å². The Bertz CT molecular complexity index is 363. The zero-order valence-corrected chi connectivity index (χ0v) is 9.71. The van der Waals surface area contributed by atoms with Gasteiger partial charge in [-0.1, -0.05) is 45.0 Å². The number of carbonyl (C=O) groups is 1. The summed E-state index contributed by atoms with van der Waals surface area (Å²) in [6, 6.07) is 8.53. The van der Waals surface area contributed by atoms with E-state index in [9.17, 15) is 4.79 Å². The molecule has 0 spiro atoms. The lowest BCUT2D eigenvalue weighted by atomic mass is 9.85. The molecular formula is C14H18O. The van der Waals surface area contributed by atoms with Crippen LogP contribution in [0.4, 0.5) is 0 Å². The molecule has 1 aliphatic rings. The third kappa shape index (κ3) is 1.83. The van der Waals surface area contributed by atoms with Crippen LogP contribution in [0.15, 0.2) is 24.3 Å². The van der Waals surface area contributed by atoms with E-state index < -0.39 is 0 Å². The van der Waals surface area contributed by atoms with Crippen LogP contribution in [-0.2, 0) is 15.6 Å². The normalized spacial score (nSPS) is 18.6. The molecule has 1 saturated carbocycles. The molecule has 80 valence electrons. The van der Waals surface area contributed by atoms with Crippen LogP contribution in [-0.4, -0.2) is 6.29 Å². The second kappa shape index (κ2) is 3.19. The lowest BCUT2D eigenvalue weighted by Gasteiger charge is -2.19. The standard InChI is InChI=1S/C14H18O/c1-13(2,3)11-4-6-12(7-5-11)14(10-15)8-9-14/h4-7,10H,8-9H2,1-3H3. The second-order valence-corrected chi connectivity index (χ2v) is 5.60. The van der Waals surface area contributed by atoms with Crippen molar-refractivity contribution in [1.29, 1.82) is 0 Å². The molecular weight excluding hydrogens is 184 g/mol. The van der Waals surface area contributed by atoms with E-state index in [4.69, 9.17) is 0 Å². The Balaban J connectivity index is 2.29. The molecule has 0 aliphatic heterocycles. The number of rotatable bonds is 2. The molecule has 0 heterocycles. The van der Waals surface area contributed by atoms with Crippen molar-refractivity contribution in [3.63, 3.8) is 0 Å². The molecule has 0 amide bonds. The van der Waals surface area contributed by atoms with Gasteiger partial charge in [0, 0.05) is 0 Å². The third-order valence-corrected chi connectivity index (χ3v) is 3.34. The van der Waals surface area contributed by atoms with E-state index in [1.807, 2.05) is 0 Å². The first kappa shape index (κ1) is 10.4. The number of benzene rings is 1. The lowest BCUT2D eigenvalue weighted by Crippen LogP contribution is -2.12. The van der Waals surface area contributed by atoms with Crippen LogP contribution >= 0.6 is 0 Å². The maximum Gasteiger partial charge on any atom is 0.130 e. The highest BCUT2D eigenvalue weighted by Gasteiger charge is 2.44. The van der Waals surface area contributed by atoms with Crippen molar-refractivity contribution in [3.8, 4) is 0 Å². The number of hydrogen-bond acceptors (Lipinski definition) is 1. The van der Waals surface area contributed by atoms with Crippen molar-refractivity contribution in [3.05, 3.63) is 35.4 Å². The van der Waals surface area contributed by atoms with Crippen LogP contribution in [0.5, 0.6) is 0 Å².